The minimum atomic E-state index is -1.01. The highest BCUT2D eigenvalue weighted by atomic mass is 16.6. The number of ether oxygens (including phenoxy) is 2. The molecule has 14 nitrogen and oxygen atoms in total. The predicted octanol–water partition coefficient (Wildman–Crippen LogP) is 4.64. The molecule has 5 aliphatic heterocycles. The average Bonchev–Trinajstić information content (AvgIpc) is 3.43. The number of fused-ring (bicyclic) bond motifs is 1. The minimum Gasteiger partial charge on any atom is -0.507 e. The van der Waals surface area contributed by atoms with Crippen molar-refractivity contribution in [2.75, 3.05) is 97.0 Å². The molecule has 4 amide bonds. The van der Waals surface area contributed by atoms with Crippen molar-refractivity contribution in [1.29, 1.82) is 0 Å². The van der Waals surface area contributed by atoms with E-state index in [1.807, 2.05) is 60.0 Å². The standard InChI is InChI=1S/C45H65N7O7/c1-33-30-35(31-34(2)42(33)54)32-40(59-45(57)51-21-13-38(14-22-51)52-23-10-36-8-4-5-9-39(36)46-44(52)56)43(55)50-26-24-49(25-27-50)37-11-18-48(19-12-37)20-15-41(53)58-29-28-47-16-6-3-7-17-47/h4-5,8-9,30-31,37-38,40,54H,3,6-7,10-29,32H2,1-2H3,(H,46,56)/t40-/m1/s1. The van der Waals surface area contributed by atoms with E-state index < -0.39 is 12.2 Å². The zero-order valence-corrected chi connectivity index (χ0v) is 35.2. The van der Waals surface area contributed by atoms with Crippen molar-refractivity contribution in [1.82, 2.24) is 29.4 Å². The van der Waals surface area contributed by atoms with Gasteiger partial charge in [-0.1, -0.05) is 36.8 Å². The zero-order valence-electron chi connectivity index (χ0n) is 35.2. The van der Waals surface area contributed by atoms with Gasteiger partial charge in [-0.2, -0.15) is 0 Å². The van der Waals surface area contributed by atoms with Crippen LogP contribution in [0.1, 0.15) is 73.6 Å². The number of aryl methyl sites for hydroxylation is 2. The SMILES string of the molecule is Cc1cc(C[C@@H](OC(=O)N2CCC(N3CCc4ccccc4NC3=O)CC2)C(=O)N2CCN(C3CCN(CCC(=O)OCCN4CCCCC4)CC3)CC2)cc(C)c1O. The van der Waals surface area contributed by atoms with Crippen LogP contribution in [-0.4, -0.2) is 168 Å². The Kier molecular flexibility index (Phi) is 14.7. The number of phenols is 1. The minimum absolute atomic E-state index is 0.000143. The highest BCUT2D eigenvalue weighted by molar-refractivity contribution is 5.91. The molecule has 322 valence electrons. The third-order valence-electron chi connectivity index (χ3n) is 13.2. The number of hydrogen-bond donors (Lipinski definition) is 2. The molecule has 2 N–H and O–H groups in total. The Morgan fingerprint density at radius 3 is 2.15 bits per heavy atom. The second-order valence-electron chi connectivity index (χ2n) is 17.2. The van der Waals surface area contributed by atoms with Crippen LogP contribution in [0.3, 0.4) is 0 Å². The summed E-state index contributed by atoms with van der Waals surface area (Å²) >= 11 is 0. The van der Waals surface area contributed by atoms with Crippen LogP contribution in [0.25, 0.3) is 0 Å². The first-order chi connectivity index (χ1) is 28.6. The van der Waals surface area contributed by atoms with E-state index in [4.69, 9.17) is 9.47 Å². The van der Waals surface area contributed by atoms with E-state index in [1.165, 1.54) is 19.3 Å². The van der Waals surface area contributed by atoms with Gasteiger partial charge in [0.25, 0.3) is 5.91 Å². The van der Waals surface area contributed by atoms with Gasteiger partial charge >= 0.3 is 18.1 Å². The molecule has 4 fully saturated rings. The van der Waals surface area contributed by atoms with Crippen LogP contribution in [0.5, 0.6) is 5.75 Å². The lowest BCUT2D eigenvalue weighted by Crippen LogP contribution is -2.56. The maximum absolute atomic E-state index is 14.2. The van der Waals surface area contributed by atoms with E-state index in [-0.39, 0.29) is 36.1 Å². The monoisotopic (exact) mass is 815 g/mol. The summed E-state index contributed by atoms with van der Waals surface area (Å²) in [5, 5.41) is 13.5. The summed E-state index contributed by atoms with van der Waals surface area (Å²) in [7, 11) is 0. The molecule has 0 unspecified atom stereocenters. The van der Waals surface area contributed by atoms with Gasteiger partial charge in [0.15, 0.2) is 6.10 Å². The number of phenolic OH excluding ortho intramolecular Hbond substituents is 1. The number of anilines is 1. The van der Waals surface area contributed by atoms with Crippen LogP contribution >= 0.6 is 0 Å². The fourth-order valence-electron chi connectivity index (χ4n) is 9.66. The Labute approximate surface area is 349 Å². The molecule has 0 aromatic heterocycles. The fraction of sp³-hybridized carbons (Fsp3) is 0.644. The number of aromatic hydroxyl groups is 1. The summed E-state index contributed by atoms with van der Waals surface area (Å²) < 4.78 is 11.7. The molecule has 2 aromatic rings. The number of piperidine rings is 3. The van der Waals surface area contributed by atoms with Crippen LogP contribution in [0, 0.1) is 13.8 Å². The number of amides is 4. The number of piperazine rings is 1. The molecular weight excluding hydrogens is 751 g/mol. The molecule has 0 spiro atoms. The molecule has 0 radical (unpaired) electrons. The van der Waals surface area contributed by atoms with Gasteiger partial charge in [-0.3, -0.25) is 19.4 Å². The summed E-state index contributed by atoms with van der Waals surface area (Å²) in [4.78, 5) is 66.2. The molecule has 0 saturated carbocycles. The fourth-order valence-corrected chi connectivity index (χ4v) is 9.66. The molecule has 1 atom stereocenters. The van der Waals surface area contributed by atoms with E-state index in [1.54, 1.807) is 4.90 Å². The van der Waals surface area contributed by atoms with Crippen molar-refractivity contribution in [3.8, 4) is 5.75 Å². The maximum Gasteiger partial charge on any atom is 0.410 e. The largest absolute Gasteiger partial charge is 0.507 e. The van der Waals surface area contributed by atoms with Gasteiger partial charge in [-0.15, -0.1) is 0 Å². The maximum atomic E-state index is 14.2. The molecule has 5 aliphatic rings. The van der Waals surface area contributed by atoms with Gasteiger partial charge in [0.05, 0.1) is 6.42 Å². The van der Waals surface area contributed by atoms with Crippen LogP contribution in [-0.2, 0) is 31.9 Å². The first-order valence-corrected chi connectivity index (χ1v) is 22.1. The van der Waals surface area contributed by atoms with Crippen molar-refractivity contribution in [3.63, 3.8) is 0 Å². The lowest BCUT2D eigenvalue weighted by atomic mass is 10.00. The van der Waals surface area contributed by atoms with Crippen LogP contribution < -0.4 is 5.32 Å². The predicted molar refractivity (Wildman–Crippen MR) is 226 cm³/mol. The molecule has 59 heavy (non-hydrogen) atoms. The van der Waals surface area contributed by atoms with Crippen molar-refractivity contribution in [2.45, 2.75) is 96.2 Å². The molecular formula is C45H65N7O7. The molecule has 0 aliphatic carbocycles. The Morgan fingerprint density at radius 1 is 0.780 bits per heavy atom. The molecule has 0 bridgehead atoms. The van der Waals surface area contributed by atoms with Crippen molar-refractivity contribution in [3.05, 3.63) is 58.7 Å². The third-order valence-corrected chi connectivity index (χ3v) is 13.2. The molecule has 4 saturated heterocycles. The Balaban J connectivity index is 0.878. The van der Waals surface area contributed by atoms with Gasteiger partial charge in [0.1, 0.15) is 12.4 Å². The molecule has 14 heteroatoms. The van der Waals surface area contributed by atoms with Gasteiger partial charge in [-0.25, -0.2) is 9.59 Å². The van der Waals surface area contributed by atoms with Gasteiger partial charge in [0.2, 0.25) is 0 Å². The number of nitrogens with zero attached hydrogens (tertiary/aromatic N) is 6. The molecule has 2 aromatic carbocycles. The summed E-state index contributed by atoms with van der Waals surface area (Å²) in [6, 6.07) is 11.9. The highest BCUT2D eigenvalue weighted by Crippen LogP contribution is 2.27. The first-order valence-electron chi connectivity index (χ1n) is 22.1. The number of para-hydroxylation sites is 1. The molecule has 5 heterocycles. The number of carbonyl (C=O) groups excluding carboxylic acids is 4. The zero-order chi connectivity index (χ0) is 41.3. The van der Waals surface area contributed by atoms with E-state index in [9.17, 15) is 24.3 Å². The Morgan fingerprint density at radius 2 is 1.44 bits per heavy atom. The van der Waals surface area contributed by atoms with E-state index in [0.717, 1.165) is 88.4 Å². The third kappa shape index (κ3) is 11.3. The smallest absolute Gasteiger partial charge is 0.410 e. The summed E-state index contributed by atoms with van der Waals surface area (Å²) in [5.74, 6) is -0.0871. The number of hydrogen-bond acceptors (Lipinski definition) is 10. The van der Waals surface area contributed by atoms with Gasteiger partial charge in [-0.05, 0) is 113 Å². The van der Waals surface area contributed by atoms with E-state index >= 15 is 0 Å². The second kappa shape index (κ2) is 20.2. The van der Waals surface area contributed by atoms with E-state index in [2.05, 4.69) is 20.0 Å². The van der Waals surface area contributed by atoms with Crippen LogP contribution in [0.4, 0.5) is 15.3 Å². The topological polar surface area (TPSA) is 138 Å². The lowest BCUT2D eigenvalue weighted by Gasteiger charge is -2.43. The number of esters is 1. The normalized spacial score (nSPS) is 21.1. The summed E-state index contributed by atoms with van der Waals surface area (Å²) in [6.45, 7) is 13.9. The lowest BCUT2D eigenvalue weighted by molar-refractivity contribution is -0.145. The summed E-state index contributed by atoms with van der Waals surface area (Å²) in [5.41, 5.74) is 4.22. The van der Waals surface area contributed by atoms with Crippen LogP contribution in [0.2, 0.25) is 0 Å². The Hall–Kier alpha value is -4.40. The number of urea groups is 1. The van der Waals surface area contributed by atoms with Crippen molar-refractivity contribution < 1.29 is 33.8 Å². The molecule has 7 rings (SSSR count). The number of carbonyl (C=O) groups is 4. The van der Waals surface area contributed by atoms with E-state index in [0.29, 0.717) is 75.8 Å². The quantitative estimate of drug-likeness (QED) is 0.292. The number of benzene rings is 2. The van der Waals surface area contributed by atoms with Crippen molar-refractivity contribution >= 4 is 29.7 Å². The summed E-state index contributed by atoms with van der Waals surface area (Å²) in [6.07, 6.45) is 6.93. The average molecular weight is 816 g/mol. The number of likely N-dealkylation sites (tertiary alicyclic amines) is 3. The van der Waals surface area contributed by atoms with Crippen molar-refractivity contribution in [2.24, 2.45) is 0 Å². The first kappa shape index (κ1) is 42.7. The number of rotatable bonds is 12. The van der Waals surface area contributed by atoms with Gasteiger partial charge in [0, 0.05) is 83.1 Å². The van der Waals surface area contributed by atoms with Gasteiger partial charge < -0.3 is 39.5 Å². The number of nitrogens with one attached hydrogen (secondary N) is 1. The highest BCUT2D eigenvalue weighted by Gasteiger charge is 2.36. The van der Waals surface area contributed by atoms with Crippen LogP contribution in [0.15, 0.2) is 36.4 Å². The second-order valence-corrected chi connectivity index (χ2v) is 17.2. The Bertz CT molecular complexity index is 1740.